The van der Waals surface area contributed by atoms with E-state index in [1.165, 1.54) is 0 Å². The highest BCUT2D eigenvalue weighted by atomic mass is 16.2. The van der Waals surface area contributed by atoms with Crippen LogP contribution in [0.25, 0.3) is 5.65 Å². The highest BCUT2D eigenvalue weighted by molar-refractivity contribution is 5.93. The van der Waals surface area contributed by atoms with Gasteiger partial charge < -0.3 is 14.2 Å². The summed E-state index contributed by atoms with van der Waals surface area (Å²) >= 11 is 0. The van der Waals surface area contributed by atoms with Crippen LogP contribution in [0.5, 0.6) is 0 Å². The summed E-state index contributed by atoms with van der Waals surface area (Å²) in [4.78, 5) is 21.7. The van der Waals surface area contributed by atoms with Crippen LogP contribution in [-0.2, 0) is 0 Å². The van der Waals surface area contributed by atoms with Gasteiger partial charge in [0.1, 0.15) is 11.3 Å². The number of aryl methyl sites for hydroxylation is 1. The number of likely N-dealkylation sites (tertiary alicyclic amines) is 1. The number of hydrogen-bond donors (Lipinski definition) is 0. The van der Waals surface area contributed by atoms with Gasteiger partial charge >= 0.3 is 0 Å². The van der Waals surface area contributed by atoms with Gasteiger partial charge in [-0.25, -0.2) is 4.98 Å². The molecule has 0 N–H and O–H groups in total. The molecule has 1 amide bonds. The normalized spacial score (nSPS) is 16.4. The van der Waals surface area contributed by atoms with Crippen LogP contribution in [0.4, 0.5) is 0 Å². The fraction of sp³-hybridized carbons (Fsp3) is 0.556. The van der Waals surface area contributed by atoms with Crippen LogP contribution in [0.2, 0.25) is 0 Å². The first-order valence-electron chi connectivity index (χ1n) is 8.62. The molecular weight excluding hydrogens is 288 g/mol. The van der Waals surface area contributed by atoms with Crippen LogP contribution in [-0.4, -0.2) is 57.3 Å². The zero-order chi connectivity index (χ0) is 16.4. The van der Waals surface area contributed by atoms with Crippen LogP contribution in [0.1, 0.15) is 42.9 Å². The SMILES string of the molecule is CCN(CC)C1CCN(C(=O)c2cn3c(C)cccc3n2)CC1. The summed E-state index contributed by atoms with van der Waals surface area (Å²) in [5.74, 6) is 0.0612. The second-order valence-corrected chi connectivity index (χ2v) is 6.27. The maximum absolute atomic E-state index is 12.7. The number of aromatic nitrogens is 2. The summed E-state index contributed by atoms with van der Waals surface area (Å²) in [6.07, 6.45) is 3.98. The molecule has 1 fully saturated rings. The Morgan fingerprint density at radius 2 is 1.96 bits per heavy atom. The van der Waals surface area contributed by atoms with Crippen LogP contribution >= 0.6 is 0 Å². The van der Waals surface area contributed by atoms with Crippen molar-refractivity contribution in [2.75, 3.05) is 26.2 Å². The van der Waals surface area contributed by atoms with Gasteiger partial charge in [-0.2, -0.15) is 0 Å². The molecule has 1 aliphatic rings. The number of fused-ring (bicyclic) bond motifs is 1. The molecule has 0 unspecified atom stereocenters. The quantitative estimate of drug-likeness (QED) is 0.871. The number of nitrogens with zero attached hydrogens (tertiary/aromatic N) is 4. The van der Waals surface area contributed by atoms with Gasteiger partial charge in [-0.05, 0) is 45.0 Å². The van der Waals surface area contributed by atoms with Crippen LogP contribution < -0.4 is 0 Å². The van der Waals surface area contributed by atoms with E-state index in [9.17, 15) is 4.79 Å². The third kappa shape index (κ3) is 3.11. The van der Waals surface area contributed by atoms with E-state index in [2.05, 4.69) is 23.7 Å². The molecule has 0 spiro atoms. The van der Waals surface area contributed by atoms with Gasteiger partial charge in [-0.3, -0.25) is 4.79 Å². The molecule has 1 saturated heterocycles. The van der Waals surface area contributed by atoms with Crippen molar-refractivity contribution in [1.29, 1.82) is 0 Å². The average molecular weight is 314 g/mol. The lowest BCUT2D eigenvalue weighted by atomic mass is 10.0. The standard InChI is InChI=1S/C18H26N4O/c1-4-20(5-2)15-9-11-21(12-10-15)18(23)16-13-22-14(3)7-6-8-17(22)19-16/h6-8,13,15H,4-5,9-12H2,1-3H3. The summed E-state index contributed by atoms with van der Waals surface area (Å²) in [7, 11) is 0. The molecule has 5 nitrogen and oxygen atoms in total. The Kier molecular flexibility index (Phi) is 4.66. The minimum absolute atomic E-state index is 0.0612. The summed E-state index contributed by atoms with van der Waals surface area (Å²) in [6, 6.07) is 6.55. The van der Waals surface area contributed by atoms with E-state index in [1.54, 1.807) is 0 Å². The smallest absolute Gasteiger partial charge is 0.274 e. The predicted molar refractivity (Wildman–Crippen MR) is 91.8 cm³/mol. The zero-order valence-corrected chi connectivity index (χ0v) is 14.3. The molecule has 0 saturated carbocycles. The first-order valence-corrected chi connectivity index (χ1v) is 8.62. The molecule has 0 radical (unpaired) electrons. The molecular formula is C18H26N4O. The first kappa shape index (κ1) is 16.0. The Morgan fingerprint density at radius 1 is 1.26 bits per heavy atom. The summed E-state index contributed by atoms with van der Waals surface area (Å²) < 4.78 is 1.98. The van der Waals surface area contributed by atoms with Crippen molar-refractivity contribution in [1.82, 2.24) is 19.2 Å². The second-order valence-electron chi connectivity index (χ2n) is 6.27. The Hall–Kier alpha value is -1.88. The maximum atomic E-state index is 12.7. The van der Waals surface area contributed by atoms with E-state index < -0.39 is 0 Å². The zero-order valence-electron chi connectivity index (χ0n) is 14.3. The number of amides is 1. The molecule has 5 heteroatoms. The Bertz CT molecular complexity index is 681. The monoisotopic (exact) mass is 314 g/mol. The van der Waals surface area contributed by atoms with Gasteiger partial charge in [0, 0.05) is 31.0 Å². The van der Waals surface area contributed by atoms with E-state index in [4.69, 9.17) is 0 Å². The predicted octanol–water partition coefficient (Wildman–Crippen LogP) is 2.59. The van der Waals surface area contributed by atoms with Gasteiger partial charge in [0.15, 0.2) is 0 Å². The van der Waals surface area contributed by atoms with Gasteiger partial charge in [0.25, 0.3) is 5.91 Å². The van der Waals surface area contributed by atoms with E-state index in [-0.39, 0.29) is 5.91 Å². The molecule has 3 heterocycles. The molecule has 1 aliphatic heterocycles. The highest BCUT2D eigenvalue weighted by Crippen LogP contribution is 2.18. The number of carbonyl (C=O) groups is 1. The Balaban J connectivity index is 1.70. The molecule has 0 aromatic carbocycles. The minimum Gasteiger partial charge on any atom is -0.337 e. The molecule has 23 heavy (non-hydrogen) atoms. The minimum atomic E-state index is 0.0612. The number of carbonyl (C=O) groups excluding carboxylic acids is 1. The molecule has 124 valence electrons. The van der Waals surface area contributed by atoms with Gasteiger partial charge in [0.2, 0.25) is 0 Å². The van der Waals surface area contributed by atoms with Gasteiger partial charge in [-0.15, -0.1) is 0 Å². The lowest BCUT2D eigenvalue weighted by Gasteiger charge is -2.37. The van der Waals surface area contributed by atoms with Crippen LogP contribution in [0.15, 0.2) is 24.4 Å². The van der Waals surface area contributed by atoms with Crippen molar-refractivity contribution in [3.63, 3.8) is 0 Å². The van der Waals surface area contributed by atoms with Crippen LogP contribution in [0.3, 0.4) is 0 Å². The van der Waals surface area contributed by atoms with Crippen molar-refractivity contribution in [2.24, 2.45) is 0 Å². The third-order valence-electron chi connectivity index (χ3n) is 5.00. The van der Waals surface area contributed by atoms with E-state index >= 15 is 0 Å². The third-order valence-corrected chi connectivity index (χ3v) is 5.00. The molecule has 2 aromatic heterocycles. The number of imidazole rings is 1. The second kappa shape index (κ2) is 6.71. The molecule has 2 aromatic rings. The van der Waals surface area contributed by atoms with E-state index in [0.29, 0.717) is 11.7 Å². The van der Waals surface area contributed by atoms with Crippen LogP contribution in [0, 0.1) is 6.92 Å². The van der Waals surface area contributed by atoms with E-state index in [0.717, 1.165) is 50.4 Å². The molecule has 0 aliphatic carbocycles. The van der Waals surface area contributed by atoms with Crippen molar-refractivity contribution >= 4 is 11.6 Å². The topological polar surface area (TPSA) is 40.9 Å². The molecule has 3 rings (SSSR count). The van der Waals surface area contributed by atoms with Crippen molar-refractivity contribution in [3.05, 3.63) is 35.8 Å². The average Bonchev–Trinajstić information content (AvgIpc) is 3.02. The summed E-state index contributed by atoms with van der Waals surface area (Å²) in [6.45, 7) is 10.3. The summed E-state index contributed by atoms with van der Waals surface area (Å²) in [5.41, 5.74) is 2.49. The number of hydrogen-bond acceptors (Lipinski definition) is 3. The first-order chi connectivity index (χ1) is 11.1. The van der Waals surface area contributed by atoms with Gasteiger partial charge in [0.05, 0.1) is 0 Å². The molecule has 0 bridgehead atoms. The van der Waals surface area contributed by atoms with Gasteiger partial charge in [-0.1, -0.05) is 19.9 Å². The Labute approximate surface area is 137 Å². The lowest BCUT2D eigenvalue weighted by molar-refractivity contribution is 0.0626. The van der Waals surface area contributed by atoms with Crippen molar-refractivity contribution < 1.29 is 4.79 Å². The lowest BCUT2D eigenvalue weighted by Crippen LogP contribution is -2.46. The molecule has 0 atom stereocenters. The summed E-state index contributed by atoms with van der Waals surface area (Å²) in [5, 5.41) is 0. The highest BCUT2D eigenvalue weighted by Gasteiger charge is 2.27. The number of piperidine rings is 1. The number of pyridine rings is 1. The maximum Gasteiger partial charge on any atom is 0.274 e. The largest absolute Gasteiger partial charge is 0.337 e. The fourth-order valence-electron chi connectivity index (χ4n) is 3.59. The van der Waals surface area contributed by atoms with E-state index in [1.807, 2.05) is 40.6 Å². The van der Waals surface area contributed by atoms with Crippen molar-refractivity contribution in [3.8, 4) is 0 Å². The fourth-order valence-corrected chi connectivity index (χ4v) is 3.59. The number of rotatable bonds is 4. The Morgan fingerprint density at radius 3 is 2.57 bits per heavy atom. The van der Waals surface area contributed by atoms with Crippen molar-refractivity contribution in [2.45, 2.75) is 39.7 Å².